The number of halogens is 3. The van der Waals surface area contributed by atoms with Gasteiger partial charge < -0.3 is 0 Å². The van der Waals surface area contributed by atoms with Crippen LogP contribution in [-0.2, 0) is 28.4 Å². The minimum Gasteiger partial charge on any atom is -0.290 e. The third-order valence-electron chi connectivity index (χ3n) is 4.14. The summed E-state index contributed by atoms with van der Waals surface area (Å²) >= 11 is 0.822. The Morgan fingerprint density at radius 3 is 2.50 bits per heavy atom. The lowest BCUT2D eigenvalue weighted by atomic mass is 10.2. The lowest BCUT2D eigenvalue weighted by Gasteiger charge is -2.05. The second kappa shape index (κ2) is 6.11. The fraction of sp³-hybridized carbons (Fsp3) is 0.118. The fourth-order valence-corrected chi connectivity index (χ4v) is 5.56. The van der Waals surface area contributed by atoms with Crippen molar-refractivity contribution >= 4 is 32.3 Å². The van der Waals surface area contributed by atoms with Crippen molar-refractivity contribution in [2.75, 3.05) is 0 Å². The fourth-order valence-electron chi connectivity index (χ4n) is 2.85. The molecule has 0 saturated carbocycles. The van der Waals surface area contributed by atoms with Gasteiger partial charge in [-0.3, -0.25) is 9.79 Å². The summed E-state index contributed by atoms with van der Waals surface area (Å²) in [6.07, 6.45) is -3.22. The standard InChI is InChI=1S/C17H11F3N3O3S2/c1-22-15(17(18,19)20)9-12(21-22)14-4-5-16(27-14)28(25,26)23-7-6-10-8-11(24)2-3-13(10)23/h2-9H,1H3. The van der Waals surface area contributed by atoms with Crippen molar-refractivity contribution in [3.05, 3.63) is 54.4 Å². The summed E-state index contributed by atoms with van der Waals surface area (Å²) in [5.74, 6) is -0.239. The predicted molar refractivity (Wildman–Crippen MR) is 96.2 cm³/mol. The number of fused-ring (bicyclic) bond motifs is 1. The molecule has 3 heterocycles. The van der Waals surface area contributed by atoms with E-state index in [0.29, 0.717) is 20.5 Å². The quantitative estimate of drug-likeness (QED) is 0.484. The lowest BCUT2D eigenvalue weighted by Crippen LogP contribution is -2.11. The van der Waals surface area contributed by atoms with Crippen LogP contribution in [0.1, 0.15) is 5.69 Å². The van der Waals surface area contributed by atoms with Crippen LogP contribution in [0.15, 0.2) is 52.9 Å². The number of thiophene rings is 1. The Hall–Kier alpha value is -2.79. The Bertz CT molecular complexity index is 1300. The topological polar surface area (TPSA) is 76.8 Å². The molecular formula is C17H11F3N3O3S2. The van der Waals surface area contributed by atoms with E-state index in [4.69, 9.17) is 0 Å². The molecule has 0 atom stereocenters. The van der Waals surface area contributed by atoms with Crippen LogP contribution < -0.4 is 0 Å². The van der Waals surface area contributed by atoms with Crippen molar-refractivity contribution in [3.63, 3.8) is 0 Å². The molecule has 1 aromatic carbocycles. The number of hydrogen-bond donors (Lipinski definition) is 0. The predicted octanol–water partition coefficient (Wildman–Crippen LogP) is 4.50. The highest BCUT2D eigenvalue weighted by Gasteiger charge is 2.35. The van der Waals surface area contributed by atoms with E-state index in [1.165, 1.54) is 49.6 Å². The highest BCUT2D eigenvalue weighted by molar-refractivity contribution is 7.92. The molecule has 0 saturated heterocycles. The van der Waals surface area contributed by atoms with Gasteiger partial charge in [-0.15, -0.1) is 11.3 Å². The summed E-state index contributed by atoms with van der Waals surface area (Å²) in [5.41, 5.74) is -0.550. The maximum atomic E-state index is 13.0. The first kappa shape index (κ1) is 18.6. The average molecular weight is 426 g/mol. The minimum atomic E-state index is -4.56. The summed E-state index contributed by atoms with van der Waals surface area (Å²) in [5, 5.41) is 15.7. The first-order valence-electron chi connectivity index (χ1n) is 7.82. The Labute approximate surface area is 161 Å². The van der Waals surface area contributed by atoms with Gasteiger partial charge >= 0.3 is 6.18 Å². The molecule has 6 nitrogen and oxygen atoms in total. The van der Waals surface area contributed by atoms with Crippen LogP contribution in [0.2, 0.25) is 0 Å². The molecule has 0 fully saturated rings. The Kier molecular flexibility index (Phi) is 4.05. The molecule has 3 aromatic heterocycles. The van der Waals surface area contributed by atoms with Gasteiger partial charge in [0.2, 0.25) is 0 Å². The molecule has 0 spiro atoms. The maximum absolute atomic E-state index is 13.0. The second-order valence-corrected chi connectivity index (χ2v) is 9.12. The number of nitrogens with zero attached hydrogens (tertiary/aromatic N) is 3. The summed E-state index contributed by atoms with van der Waals surface area (Å²) in [6.45, 7) is 0. The highest BCUT2D eigenvalue weighted by Crippen LogP contribution is 2.36. The van der Waals surface area contributed by atoms with E-state index in [2.05, 4.69) is 5.10 Å². The average Bonchev–Trinajstić information content (AvgIpc) is 3.30. The van der Waals surface area contributed by atoms with Gasteiger partial charge in [0, 0.05) is 18.6 Å². The third kappa shape index (κ3) is 2.96. The molecule has 0 unspecified atom stereocenters. The number of rotatable bonds is 3. The largest absolute Gasteiger partial charge is 0.433 e. The lowest BCUT2D eigenvalue weighted by molar-refractivity contribution is -0.143. The molecule has 145 valence electrons. The van der Waals surface area contributed by atoms with Crippen molar-refractivity contribution in [2.45, 2.75) is 10.4 Å². The van der Waals surface area contributed by atoms with Gasteiger partial charge in [-0.1, -0.05) is 0 Å². The zero-order valence-corrected chi connectivity index (χ0v) is 15.8. The first-order valence-corrected chi connectivity index (χ1v) is 10.1. The van der Waals surface area contributed by atoms with Crippen molar-refractivity contribution in [1.29, 1.82) is 0 Å². The van der Waals surface area contributed by atoms with Crippen LogP contribution in [0.3, 0.4) is 0 Å². The van der Waals surface area contributed by atoms with Crippen molar-refractivity contribution in [1.82, 2.24) is 13.8 Å². The highest BCUT2D eigenvalue weighted by atomic mass is 32.2. The van der Waals surface area contributed by atoms with E-state index < -0.39 is 21.9 Å². The summed E-state index contributed by atoms with van der Waals surface area (Å²) < 4.78 is 66.5. The molecule has 1 radical (unpaired) electrons. The van der Waals surface area contributed by atoms with E-state index in [0.717, 1.165) is 21.4 Å². The van der Waals surface area contributed by atoms with Gasteiger partial charge in [-0.2, -0.15) is 26.7 Å². The van der Waals surface area contributed by atoms with E-state index in [1.54, 1.807) is 0 Å². The van der Waals surface area contributed by atoms with Gasteiger partial charge in [-0.25, -0.2) is 3.97 Å². The summed E-state index contributed by atoms with van der Waals surface area (Å²) in [7, 11) is -2.80. The molecule has 0 amide bonds. The Morgan fingerprint density at radius 2 is 1.82 bits per heavy atom. The van der Waals surface area contributed by atoms with E-state index in [9.17, 15) is 26.7 Å². The van der Waals surface area contributed by atoms with Crippen LogP contribution in [-0.4, -0.2) is 22.2 Å². The van der Waals surface area contributed by atoms with Gasteiger partial charge in [0.1, 0.15) is 15.6 Å². The molecule has 11 heteroatoms. The van der Waals surface area contributed by atoms with E-state index >= 15 is 0 Å². The van der Waals surface area contributed by atoms with Crippen molar-refractivity contribution < 1.29 is 26.7 Å². The maximum Gasteiger partial charge on any atom is 0.433 e. The van der Waals surface area contributed by atoms with Gasteiger partial charge in [0.05, 0.1) is 10.4 Å². The number of benzene rings is 1. The summed E-state index contributed by atoms with van der Waals surface area (Å²) in [6, 6.07) is 9.14. The molecule has 0 aliphatic heterocycles. The number of alkyl halides is 3. The van der Waals surface area contributed by atoms with Gasteiger partial charge in [0.15, 0.2) is 5.75 Å². The SMILES string of the molecule is Cn1nc(-c2ccc(S(=O)(=O)n3ccc4cc([O])ccc43)s2)cc1C(F)(F)F. The van der Waals surface area contributed by atoms with Crippen LogP contribution >= 0.6 is 11.3 Å². The second-order valence-electron chi connectivity index (χ2n) is 5.99. The molecule has 0 bridgehead atoms. The van der Waals surface area contributed by atoms with Gasteiger partial charge in [0.25, 0.3) is 10.0 Å². The zero-order valence-electron chi connectivity index (χ0n) is 14.1. The number of hydrogen-bond acceptors (Lipinski definition) is 4. The number of aryl methyl sites for hydroxylation is 1. The van der Waals surface area contributed by atoms with E-state index in [-0.39, 0.29) is 15.7 Å². The monoisotopic (exact) mass is 426 g/mol. The van der Waals surface area contributed by atoms with Crippen LogP contribution in [0.25, 0.3) is 21.5 Å². The van der Waals surface area contributed by atoms with Crippen LogP contribution in [0.5, 0.6) is 5.75 Å². The Morgan fingerprint density at radius 1 is 1.07 bits per heavy atom. The molecule has 4 aromatic rings. The van der Waals surface area contributed by atoms with Crippen molar-refractivity contribution in [3.8, 4) is 16.3 Å². The normalized spacial score (nSPS) is 12.7. The number of aromatic nitrogens is 3. The molecular weight excluding hydrogens is 415 g/mol. The van der Waals surface area contributed by atoms with Gasteiger partial charge in [-0.05, 0) is 42.5 Å². The molecule has 4 rings (SSSR count). The first-order chi connectivity index (χ1) is 13.1. The van der Waals surface area contributed by atoms with Crippen LogP contribution in [0.4, 0.5) is 13.2 Å². The zero-order chi connectivity index (χ0) is 20.3. The molecule has 0 aliphatic carbocycles. The van der Waals surface area contributed by atoms with Crippen molar-refractivity contribution in [2.24, 2.45) is 7.05 Å². The molecule has 28 heavy (non-hydrogen) atoms. The smallest absolute Gasteiger partial charge is 0.290 e. The van der Waals surface area contributed by atoms with Crippen LogP contribution in [0, 0.1) is 0 Å². The molecule has 0 aliphatic rings. The minimum absolute atomic E-state index is 0.0367. The Balaban J connectivity index is 1.76. The van der Waals surface area contributed by atoms with E-state index in [1.807, 2.05) is 0 Å². The summed E-state index contributed by atoms with van der Waals surface area (Å²) in [4.78, 5) is 0.294. The third-order valence-corrected chi connectivity index (χ3v) is 7.41. The molecule has 0 N–H and O–H groups in total.